The highest BCUT2D eigenvalue weighted by molar-refractivity contribution is 6.42. The Morgan fingerprint density at radius 2 is 1.79 bits per heavy atom. The summed E-state index contributed by atoms with van der Waals surface area (Å²) in [6.07, 6.45) is 0.573. The SMILES string of the molecule is COC(=O)CCC(=NOCc1ccccc1)c1ccc(Cl)c(Cl)c1. The minimum absolute atomic E-state index is 0.199. The third kappa shape index (κ3) is 5.55. The molecule has 0 bridgehead atoms. The van der Waals surface area contributed by atoms with E-state index in [1.807, 2.05) is 30.3 Å². The van der Waals surface area contributed by atoms with E-state index in [4.69, 9.17) is 28.0 Å². The average molecular weight is 366 g/mol. The Morgan fingerprint density at radius 1 is 1.04 bits per heavy atom. The molecular weight excluding hydrogens is 349 g/mol. The van der Waals surface area contributed by atoms with Gasteiger partial charge in [0.1, 0.15) is 6.61 Å². The maximum Gasteiger partial charge on any atom is 0.305 e. The van der Waals surface area contributed by atoms with Crippen molar-refractivity contribution in [2.75, 3.05) is 7.11 Å². The first-order valence-electron chi connectivity index (χ1n) is 7.35. The van der Waals surface area contributed by atoms with Crippen molar-refractivity contribution in [2.24, 2.45) is 5.16 Å². The second-order valence-corrected chi connectivity index (χ2v) is 5.82. The lowest BCUT2D eigenvalue weighted by Crippen LogP contribution is -2.08. The monoisotopic (exact) mass is 365 g/mol. The summed E-state index contributed by atoms with van der Waals surface area (Å²) in [7, 11) is 1.35. The Kier molecular flexibility index (Phi) is 7.09. The normalized spacial score (nSPS) is 11.2. The number of rotatable bonds is 7. The molecule has 4 nitrogen and oxygen atoms in total. The molecule has 2 aromatic rings. The lowest BCUT2D eigenvalue weighted by Gasteiger charge is -2.08. The van der Waals surface area contributed by atoms with Crippen LogP contribution in [0.2, 0.25) is 10.0 Å². The van der Waals surface area contributed by atoms with Gasteiger partial charge in [-0.05, 0) is 17.7 Å². The Balaban J connectivity index is 2.13. The highest BCUT2D eigenvalue weighted by Gasteiger charge is 2.11. The Labute approximate surface area is 151 Å². The Bertz CT molecular complexity index is 717. The van der Waals surface area contributed by atoms with E-state index >= 15 is 0 Å². The van der Waals surface area contributed by atoms with Crippen LogP contribution in [0.3, 0.4) is 0 Å². The van der Waals surface area contributed by atoms with Crippen LogP contribution in [0.15, 0.2) is 53.7 Å². The Hall–Kier alpha value is -2.04. The summed E-state index contributed by atoms with van der Waals surface area (Å²) in [6.45, 7) is 0.337. The number of nitrogens with zero attached hydrogens (tertiary/aromatic N) is 1. The number of carbonyl (C=O) groups is 1. The number of hydrogen-bond acceptors (Lipinski definition) is 4. The minimum atomic E-state index is -0.314. The molecule has 0 aliphatic rings. The lowest BCUT2D eigenvalue weighted by molar-refractivity contribution is -0.140. The highest BCUT2D eigenvalue weighted by Crippen LogP contribution is 2.24. The second-order valence-electron chi connectivity index (χ2n) is 5.00. The topological polar surface area (TPSA) is 47.9 Å². The molecule has 0 heterocycles. The molecule has 0 spiro atoms. The van der Waals surface area contributed by atoms with E-state index in [0.717, 1.165) is 11.1 Å². The molecule has 2 rings (SSSR count). The third-order valence-electron chi connectivity index (χ3n) is 3.30. The zero-order valence-electron chi connectivity index (χ0n) is 13.2. The van der Waals surface area contributed by atoms with Crippen LogP contribution in [0.4, 0.5) is 0 Å². The number of carbonyl (C=O) groups excluding carboxylic acids is 1. The van der Waals surface area contributed by atoms with Crippen LogP contribution in [0.1, 0.15) is 24.0 Å². The first-order valence-corrected chi connectivity index (χ1v) is 8.10. The summed E-state index contributed by atoms with van der Waals surface area (Å²) in [4.78, 5) is 16.8. The van der Waals surface area contributed by atoms with Crippen LogP contribution in [-0.2, 0) is 21.0 Å². The van der Waals surface area contributed by atoms with Gasteiger partial charge in [-0.1, -0.05) is 64.8 Å². The summed E-state index contributed by atoms with van der Waals surface area (Å²) < 4.78 is 4.67. The van der Waals surface area contributed by atoms with Gasteiger partial charge in [0.2, 0.25) is 0 Å². The number of benzene rings is 2. The van der Waals surface area contributed by atoms with Crippen LogP contribution in [-0.4, -0.2) is 18.8 Å². The van der Waals surface area contributed by atoms with Crippen molar-refractivity contribution in [2.45, 2.75) is 19.4 Å². The van der Waals surface area contributed by atoms with Gasteiger partial charge in [0.25, 0.3) is 0 Å². The van der Waals surface area contributed by atoms with Gasteiger partial charge in [0.05, 0.1) is 29.3 Å². The van der Waals surface area contributed by atoms with Gasteiger partial charge in [-0.3, -0.25) is 4.79 Å². The average Bonchev–Trinajstić information content (AvgIpc) is 2.61. The van der Waals surface area contributed by atoms with Gasteiger partial charge in [-0.2, -0.15) is 0 Å². The fourth-order valence-electron chi connectivity index (χ4n) is 2.00. The van der Waals surface area contributed by atoms with Gasteiger partial charge >= 0.3 is 5.97 Å². The second kappa shape index (κ2) is 9.30. The molecule has 0 aliphatic heterocycles. The number of halogens is 2. The van der Waals surface area contributed by atoms with Crippen LogP contribution in [0, 0.1) is 0 Å². The maximum atomic E-state index is 11.4. The quantitative estimate of drug-likeness (QED) is 0.399. The van der Waals surface area contributed by atoms with E-state index < -0.39 is 0 Å². The number of hydrogen-bond donors (Lipinski definition) is 0. The molecule has 24 heavy (non-hydrogen) atoms. The molecule has 126 valence electrons. The summed E-state index contributed by atoms with van der Waals surface area (Å²) in [5.74, 6) is -0.314. The van der Waals surface area contributed by atoms with Gasteiger partial charge in [-0.15, -0.1) is 0 Å². The van der Waals surface area contributed by atoms with Crippen molar-refractivity contribution in [3.8, 4) is 0 Å². The molecule has 0 saturated carbocycles. The van der Waals surface area contributed by atoms with E-state index in [2.05, 4.69) is 9.89 Å². The fraction of sp³-hybridized carbons (Fsp3) is 0.222. The number of oxime groups is 1. The standard InChI is InChI=1S/C18H17Cl2NO3/c1-23-18(22)10-9-17(14-7-8-15(19)16(20)11-14)21-24-12-13-5-3-2-4-6-13/h2-8,11H,9-10,12H2,1H3. The van der Waals surface area contributed by atoms with E-state index in [1.165, 1.54) is 7.11 Å². The predicted molar refractivity (Wildman–Crippen MR) is 95.5 cm³/mol. The summed E-state index contributed by atoms with van der Waals surface area (Å²) in [5.41, 5.74) is 2.36. The Morgan fingerprint density at radius 3 is 2.46 bits per heavy atom. The summed E-state index contributed by atoms with van der Waals surface area (Å²) in [5, 5.41) is 5.05. The van der Waals surface area contributed by atoms with Gasteiger partial charge in [0, 0.05) is 12.0 Å². The molecule has 6 heteroatoms. The minimum Gasteiger partial charge on any atom is -0.469 e. The predicted octanol–water partition coefficient (Wildman–Crippen LogP) is 4.87. The molecular formula is C18H17Cl2NO3. The number of esters is 1. The lowest BCUT2D eigenvalue weighted by atomic mass is 10.1. The van der Waals surface area contributed by atoms with Crippen LogP contribution in [0.25, 0.3) is 0 Å². The molecule has 0 radical (unpaired) electrons. The van der Waals surface area contributed by atoms with E-state index in [9.17, 15) is 4.79 Å². The molecule has 0 saturated heterocycles. The zero-order valence-corrected chi connectivity index (χ0v) is 14.7. The summed E-state index contributed by atoms with van der Waals surface area (Å²) in [6, 6.07) is 14.9. The summed E-state index contributed by atoms with van der Waals surface area (Å²) >= 11 is 12.0. The van der Waals surface area contributed by atoms with Crippen LogP contribution in [0.5, 0.6) is 0 Å². The fourth-order valence-corrected chi connectivity index (χ4v) is 2.30. The van der Waals surface area contributed by atoms with Crippen molar-refractivity contribution in [1.82, 2.24) is 0 Å². The van der Waals surface area contributed by atoms with Gasteiger partial charge in [-0.25, -0.2) is 0 Å². The first-order chi connectivity index (χ1) is 11.6. The maximum absolute atomic E-state index is 11.4. The molecule has 0 fully saturated rings. The van der Waals surface area contributed by atoms with E-state index in [-0.39, 0.29) is 12.4 Å². The van der Waals surface area contributed by atoms with Crippen molar-refractivity contribution >= 4 is 34.9 Å². The van der Waals surface area contributed by atoms with E-state index in [1.54, 1.807) is 18.2 Å². The molecule has 0 aliphatic carbocycles. The number of ether oxygens (including phenoxy) is 1. The molecule has 0 unspecified atom stereocenters. The van der Waals surface area contributed by atoms with Crippen LogP contribution >= 0.6 is 23.2 Å². The van der Waals surface area contributed by atoms with Crippen molar-refractivity contribution < 1.29 is 14.4 Å². The van der Waals surface area contributed by atoms with E-state index in [0.29, 0.717) is 28.8 Å². The zero-order chi connectivity index (χ0) is 17.4. The molecule has 2 aromatic carbocycles. The van der Waals surface area contributed by atoms with Gasteiger partial charge < -0.3 is 9.57 Å². The van der Waals surface area contributed by atoms with Gasteiger partial charge in [0.15, 0.2) is 0 Å². The third-order valence-corrected chi connectivity index (χ3v) is 4.03. The van der Waals surface area contributed by atoms with Crippen molar-refractivity contribution in [1.29, 1.82) is 0 Å². The molecule has 0 N–H and O–H groups in total. The first kappa shape index (κ1) is 18.3. The highest BCUT2D eigenvalue weighted by atomic mass is 35.5. The smallest absolute Gasteiger partial charge is 0.305 e. The number of methoxy groups -OCH3 is 1. The van der Waals surface area contributed by atoms with Crippen molar-refractivity contribution in [3.63, 3.8) is 0 Å². The van der Waals surface area contributed by atoms with Crippen molar-refractivity contribution in [3.05, 3.63) is 69.7 Å². The molecule has 0 atom stereocenters. The largest absolute Gasteiger partial charge is 0.469 e. The van der Waals surface area contributed by atoms with Crippen LogP contribution < -0.4 is 0 Å². The molecule has 0 amide bonds. The molecule has 0 aromatic heterocycles.